The van der Waals surface area contributed by atoms with Crippen LogP contribution in [0.4, 0.5) is 5.69 Å². The zero-order chi connectivity index (χ0) is 19.8. The highest BCUT2D eigenvalue weighted by Gasteiger charge is 2.32. The molecule has 0 radical (unpaired) electrons. The van der Waals surface area contributed by atoms with E-state index in [1.165, 1.54) is 5.69 Å². The topological polar surface area (TPSA) is 46.9 Å². The zero-order valence-corrected chi connectivity index (χ0v) is 19.0. The summed E-state index contributed by atoms with van der Waals surface area (Å²) in [6.45, 7) is 5.92. The van der Waals surface area contributed by atoms with E-state index in [9.17, 15) is 4.79 Å². The van der Waals surface area contributed by atoms with Gasteiger partial charge in [0.15, 0.2) is 5.43 Å². The van der Waals surface area contributed by atoms with Gasteiger partial charge in [0, 0.05) is 67.3 Å². The van der Waals surface area contributed by atoms with Crippen LogP contribution >= 0.6 is 24.8 Å². The fourth-order valence-corrected chi connectivity index (χ4v) is 4.25. The molecule has 3 aromatic rings. The Kier molecular flexibility index (Phi) is 7.49. The number of methoxy groups -OCH3 is 1. The van der Waals surface area contributed by atoms with Gasteiger partial charge in [-0.25, -0.2) is 0 Å². The third-order valence-corrected chi connectivity index (χ3v) is 6.02. The van der Waals surface area contributed by atoms with Gasteiger partial charge in [-0.15, -0.1) is 24.8 Å². The van der Waals surface area contributed by atoms with Gasteiger partial charge in [-0.05, 0) is 36.4 Å². The van der Waals surface area contributed by atoms with E-state index in [0.717, 1.165) is 56.3 Å². The maximum atomic E-state index is 12.2. The van der Waals surface area contributed by atoms with E-state index in [2.05, 4.69) is 34.1 Å². The van der Waals surface area contributed by atoms with E-state index in [-0.39, 0.29) is 30.2 Å². The zero-order valence-electron chi connectivity index (χ0n) is 17.4. The second kappa shape index (κ2) is 9.92. The van der Waals surface area contributed by atoms with Crippen LogP contribution in [-0.4, -0.2) is 62.0 Å². The highest BCUT2D eigenvalue weighted by molar-refractivity contribution is 5.85. The summed E-state index contributed by atoms with van der Waals surface area (Å²) in [6, 6.07) is 16.4. The maximum Gasteiger partial charge on any atom is 0.189 e. The van der Waals surface area contributed by atoms with Gasteiger partial charge in [-0.3, -0.25) is 9.69 Å². The number of benzene rings is 2. The molecule has 0 aliphatic carbocycles. The first-order chi connectivity index (χ1) is 14.2. The van der Waals surface area contributed by atoms with E-state index in [4.69, 9.17) is 9.47 Å². The molecule has 0 atom stereocenters. The molecule has 0 N–H and O–H groups in total. The van der Waals surface area contributed by atoms with E-state index in [1.54, 1.807) is 13.2 Å². The SMILES string of the molecule is COc1ccc2c(=O)ccn(-c3ccc(N4CC(N5CCOCC5)C4)cc3)c2c1.Cl.Cl. The van der Waals surface area contributed by atoms with E-state index >= 15 is 0 Å². The highest BCUT2D eigenvalue weighted by atomic mass is 35.5. The van der Waals surface area contributed by atoms with Gasteiger partial charge in [0.25, 0.3) is 0 Å². The summed E-state index contributed by atoms with van der Waals surface area (Å²) < 4.78 is 12.8. The number of pyridine rings is 1. The molecule has 2 fully saturated rings. The predicted octanol–water partition coefficient (Wildman–Crippen LogP) is 3.36. The molecular weight excluding hydrogens is 437 g/mol. The fourth-order valence-electron chi connectivity index (χ4n) is 4.25. The minimum absolute atomic E-state index is 0. The third kappa shape index (κ3) is 4.53. The van der Waals surface area contributed by atoms with Crippen LogP contribution < -0.4 is 15.1 Å². The summed E-state index contributed by atoms with van der Waals surface area (Å²) in [7, 11) is 1.64. The number of rotatable bonds is 4. The van der Waals surface area contributed by atoms with Gasteiger partial charge in [-0.1, -0.05) is 0 Å². The Morgan fingerprint density at radius 2 is 1.61 bits per heavy atom. The molecule has 5 rings (SSSR count). The largest absolute Gasteiger partial charge is 0.497 e. The van der Waals surface area contributed by atoms with Crippen LogP contribution in [0.25, 0.3) is 16.6 Å². The molecule has 3 heterocycles. The number of halogens is 2. The van der Waals surface area contributed by atoms with Crippen molar-refractivity contribution < 1.29 is 9.47 Å². The molecular formula is C23H27Cl2N3O3. The Morgan fingerprint density at radius 1 is 0.935 bits per heavy atom. The monoisotopic (exact) mass is 463 g/mol. The van der Waals surface area contributed by atoms with Gasteiger partial charge in [0.2, 0.25) is 0 Å². The van der Waals surface area contributed by atoms with Gasteiger partial charge in [0.1, 0.15) is 5.75 Å². The molecule has 2 aliphatic rings. The van der Waals surface area contributed by atoms with Crippen molar-refractivity contribution in [1.29, 1.82) is 0 Å². The second-order valence-corrected chi connectivity index (χ2v) is 7.66. The molecule has 2 aliphatic heterocycles. The molecule has 0 saturated carbocycles. The van der Waals surface area contributed by atoms with Crippen molar-refractivity contribution in [2.24, 2.45) is 0 Å². The van der Waals surface area contributed by atoms with Crippen molar-refractivity contribution in [2.45, 2.75) is 6.04 Å². The Bertz CT molecular complexity index is 1080. The lowest BCUT2D eigenvalue weighted by atomic mass is 10.0. The van der Waals surface area contributed by atoms with E-state index in [0.29, 0.717) is 11.4 Å². The second-order valence-electron chi connectivity index (χ2n) is 7.66. The predicted molar refractivity (Wildman–Crippen MR) is 129 cm³/mol. The van der Waals surface area contributed by atoms with Crippen molar-refractivity contribution >= 4 is 41.4 Å². The maximum absolute atomic E-state index is 12.2. The van der Waals surface area contributed by atoms with Crippen molar-refractivity contribution in [3.05, 3.63) is 65.0 Å². The molecule has 166 valence electrons. The summed E-state index contributed by atoms with van der Waals surface area (Å²) in [5, 5.41) is 0.688. The van der Waals surface area contributed by atoms with Gasteiger partial charge in [0.05, 0.1) is 25.8 Å². The lowest BCUT2D eigenvalue weighted by Crippen LogP contribution is -2.61. The van der Waals surface area contributed by atoms with Crippen LogP contribution in [-0.2, 0) is 4.74 Å². The quantitative estimate of drug-likeness (QED) is 0.593. The minimum Gasteiger partial charge on any atom is -0.497 e. The van der Waals surface area contributed by atoms with Crippen molar-refractivity contribution in [1.82, 2.24) is 9.47 Å². The molecule has 6 nitrogen and oxygen atoms in total. The Balaban J connectivity index is 0.00000136. The molecule has 0 spiro atoms. The molecule has 2 aromatic carbocycles. The van der Waals surface area contributed by atoms with Crippen LogP contribution in [0.5, 0.6) is 5.75 Å². The van der Waals surface area contributed by atoms with Crippen molar-refractivity contribution in [3.8, 4) is 11.4 Å². The normalized spacial score (nSPS) is 16.9. The number of morpholine rings is 1. The average Bonchev–Trinajstić information content (AvgIpc) is 2.74. The molecule has 2 saturated heterocycles. The lowest BCUT2D eigenvalue weighted by molar-refractivity contribution is 0.0105. The van der Waals surface area contributed by atoms with Crippen LogP contribution in [0, 0.1) is 0 Å². The Hall–Kier alpha value is -2.25. The fraction of sp³-hybridized carbons (Fsp3) is 0.348. The standard InChI is InChI=1S/C23H25N3O3.2ClH/c1-28-20-6-7-21-22(14-20)26(9-8-23(21)27)18-4-2-17(3-5-18)25-15-19(16-25)24-10-12-29-13-11-24;;/h2-9,14,19H,10-13,15-16H2,1H3;2*1H. The summed E-state index contributed by atoms with van der Waals surface area (Å²) in [6.07, 6.45) is 1.83. The third-order valence-electron chi connectivity index (χ3n) is 6.02. The molecule has 0 amide bonds. The molecule has 0 bridgehead atoms. The number of hydrogen-bond acceptors (Lipinski definition) is 5. The smallest absolute Gasteiger partial charge is 0.189 e. The van der Waals surface area contributed by atoms with E-state index in [1.807, 2.05) is 29.0 Å². The number of aromatic nitrogens is 1. The van der Waals surface area contributed by atoms with Gasteiger partial charge < -0.3 is 18.9 Å². The summed E-state index contributed by atoms with van der Waals surface area (Å²) in [5.74, 6) is 0.739. The van der Waals surface area contributed by atoms with Gasteiger partial charge in [-0.2, -0.15) is 0 Å². The first-order valence-electron chi connectivity index (χ1n) is 10.1. The van der Waals surface area contributed by atoms with Crippen LogP contribution in [0.2, 0.25) is 0 Å². The number of anilines is 1. The number of nitrogens with zero attached hydrogens (tertiary/aromatic N) is 3. The Labute approximate surface area is 194 Å². The lowest BCUT2D eigenvalue weighted by Gasteiger charge is -2.47. The molecule has 0 unspecified atom stereocenters. The number of fused-ring (bicyclic) bond motifs is 1. The van der Waals surface area contributed by atoms with E-state index < -0.39 is 0 Å². The molecule has 31 heavy (non-hydrogen) atoms. The average molecular weight is 464 g/mol. The summed E-state index contributed by atoms with van der Waals surface area (Å²) in [5.41, 5.74) is 3.13. The van der Waals surface area contributed by atoms with Crippen LogP contribution in [0.1, 0.15) is 0 Å². The first-order valence-corrected chi connectivity index (χ1v) is 10.1. The number of ether oxygens (including phenoxy) is 2. The Morgan fingerprint density at radius 3 is 2.29 bits per heavy atom. The van der Waals surface area contributed by atoms with Crippen molar-refractivity contribution in [3.63, 3.8) is 0 Å². The van der Waals surface area contributed by atoms with Gasteiger partial charge >= 0.3 is 0 Å². The molecule has 1 aromatic heterocycles. The first kappa shape index (κ1) is 23.4. The minimum atomic E-state index is 0. The summed E-state index contributed by atoms with van der Waals surface area (Å²) >= 11 is 0. The number of hydrogen-bond donors (Lipinski definition) is 0. The van der Waals surface area contributed by atoms with Crippen LogP contribution in [0.3, 0.4) is 0 Å². The summed E-state index contributed by atoms with van der Waals surface area (Å²) in [4.78, 5) is 17.2. The van der Waals surface area contributed by atoms with Crippen molar-refractivity contribution in [2.75, 3.05) is 51.4 Å². The molecule has 8 heteroatoms. The highest BCUT2D eigenvalue weighted by Crippen LogP contribution is 2.27. The van der Waals surface area contributed by atoms with Crippen LogP contribution in [0.15, 0.2) is 59.5 Å².